The van der Waals surface area contributed by atoms with E-state index in [1.54, 1.807) is 50.2 Å². The highest BCUT2D eigenvalue weighted by Crippen LogP contribution is 2.44. The van der Waals surface area contributed by atoms with E-state index < -0.39 is 17.3 Å². The van der Waals surface area contributed by atoms with Crippen LogP contribution in [0.2, 0.25) is 0 Å². The fourth-order valence-corrected chi connectivity index (χ4v) is 4.65. The summed E-state index contributed by atoms with van der Waals surface area (Å²) in [6, 6.07) is 27.4. The summed E-state index contributed by atoms with van der Waals surface area (Å²) in [5, 5.41) is 5.96. The van der Waals surface area contributed by atoms with Gasteiger partial charge in [0.25, 0.3) is 5.91 Å². The van der Waals surface area contributed by atoms with E-state index in [9.17, 15) is 14.4 Å². The zero-order valence-electron chi connectivity index (χ0n) is 19.9. The first kappa shape index (κ1) is 24.1. The summed E-state index contributed by atoms with van der Waals surface area (Å²) in [4.78, 5) is 40.9. The quantitative estimate of drug-likeness (QED) is 0.324. The summed E-state index contributed by atoms with van der Waals surface area (Å²) < 4.78 is 5.44. The topological polar surface area (TPSA) is 76.0 Å². The molecule has 1 heterocycles. The number of Topliss-reactive ketones (excluding diaryl/α,β-unsaturated/α-hetero) is 1. The maximum absolute atomic E-state index is 14.2. The molecule has 0 radical (unpaired) electrons. The van der Waals surface area contributed by atoms with Crippen molar-refractivity contribution in [2.75, 3.05) is 11.6 Å². The van der Waals surface area contributed by atoms with Crippen LogP contribution >= 0.6 is 0 Å². The molecule has 35 heavy (non-hydrogen) atoms. The van der Waals surface area contributed by atoms with Crippen LogP contribution in [0.3, 0.4) is 0 Å². The Hall–Kier alpha value is -4.06. The third-order valence-corrected chi connectivity index (χ3v) is 6.45. The Morgan fingerprint density at radius 3 is 2.09 bits per heavy atom. The zero-order valence-corrected chi connectivity index (χ0v) is 19.9. The molecule has 0 saturated heterocycles. The van der Waals surface area contributed by atoms with E-state index in [0.29, 0.717) is 17.0 Å². The van der Waals surface area contributed by atoms with Crippen molar-refractivity contribution in [2.45, 2.75) is 26.7 Å². The van der Waals surface area contributed by atoms with Gasteiger partial charge in [-0.25, -0.2) is 0 Å². The predicted octanol–water partition coefficient (Wildman–Crippen LogP) is 5.09. The average Bonchev–Trinajstić information content (AvgIpc) is 3.14. The summed E-state index contributed by atoms with van der Waals surface area (Å²) in [6.45, 7) is 3.61. The molecule has 2 atom stereocenters. The van der Waals surface area contributed by atoms with Crippen molar-refractivity contribution in [1.29, 1.82) is 0 Å². The number of ether oxygens (including phenoxy) is 1. The number of rotatable bonds is 9. The molecule has 6 nitrogen and oxygen atoms in total. The van der Waals surface area contributed by atoms with Crippen LogP contribution in [0, 0.1) is 11.3 Å². The van der Waals surface area contributed by atoms with E-state index >= 15 is 0 Å². The summed E-state index contributed by atoms with van der Waals surface area (Å²) in [5.41, 5.74) is 1.06. The molecule has 0 aliphatic carbocycles. The minimum atomic E-state index is -1.37. The number of benzene rings is 3. The van der Waals surface area contributed by atoms with Crippen LogP contribution < -0.4 is 5.01 Å². The second kappa shape index (κ2) is 10.5. The summed E-state index contributed by atoms with van der Waals surface area (Å²) >= 11 is 0. The minimum Gasteiger partial charge on any atom is -0.466 e. The summed E-state index contributed by atoms with van der Waals surface area (Å²) in [6.07, 6.45) is 0.0494. The van der Waals surface area contributed by atoms with E-state index in [1.165, 1.54) is 5.01 Å². The molecule has 0 spiro atoms. The molecule has 0 unspecified atom stereocenters. The first-order chi connectivity index (χ1) is 17.0. The molecule has 0 aromatic heterocycles. The number of hydrogen-bond donors (Lipinski definition) is 0. The maximum atomic E-state index is 14.2. The number of anilines is 1. The van der Waals surface area contributed by atoms with Gasteiger partial charge in [0.1, 0.15) is 5.41 Å². The van der Waals surface area contributed by atoms with Crippen LogP contribution in [-0.2, 0) is 20.7 Å². The summed E-state index contributed by atoms with van der Waals surface area (Å²) in [5.74, 6) is -2.19. The molecular weight excluding hydrogens is 440 g/mol. The molecule has 1 amide bonds. The SMILES string of the molecule is CCOC(=O)[C@H](CC(=O)c1ccccc1)[C@@]1(Cc2ccccc2)C(=O)N(c2ccccc2)N=C1C. The highest BCUT2D eigenvalue weighted by atomic mass is 16.5. The number of hydrazone groups is 1. The van der Waals surface area contributed by atoms with Crippen molar-refractivity contribution in [1.82, 2.24) is 0 Å². The van der Waals surface area contributed by atoms with E-state index in [-0.39, 0.29) is 31.1 Å². The Morgan fingerprint density at radius 2 is 1.49 bits per heavy atom. The summed E-state index contributed by atoms with van der Waals surface area (Å²) in [7, 11) is 0. The molecule has 0 fully saturated rings. The van der Waals surface area contributed by atoms with Crippen LogP contribution in [0.5, 0.6) is 0 Å². The van der Waals surface area contributed by atoms with Gasteiger partial charge in [-0.15, -0.1) is 0 Å². The van der Waals surface area contributed by atoms with Crippen molar-refractivity contribution in [3.63, 3.8) is 0 Å². The van der Waals surface area contributed by atoms with Gasteiger partial charge in [0, 0.05) is 12.0 Å². The number of para-hydroxylation sites is 1. The number of amides is 1. The van der Waals surface area contributed by atoms with Gasteiger partial charge in [-0.3, -0.25) is 14.4 Å². The Bertz CT molecular complexity index is 1230. The standard InChI is InChI=1S/C29H28N2O4/c1-3-35-27(33)25(19-26(32)23-15-9-5-10-16-23)29(20-22-13-7-4-8-14-22)21(2)30-31(28(29)34)24-17-11-6-12-18-24/h4-18,25H,3,19-20H2,1-2H3/t25-,29-/m0/s1. The molecule has 1 aliphatic rings. The molecule has 3 aromatic rings. The monoisotopic (exact) mass is 468 g/mol. The second-order valence-electron chi connectivity index (χ2n) is 8.57. The van der Waals surface area contributed by atoms with Gasteiger partial charge >= 0.3 is 5.97 Å². The first-order valence-corrected chi connectivity index (χ1v) is 11.7. The van der Waals surface area contributed by atoms with Crippen LogP contribution in [0.25, 0.3) is 0 Å². The largest absolute Gasteiger partial charge is 0.466 e. The Morgan fingerprint density at radius 1 is 0.914 bits per heavy atom. The lowest BCUT2D eigenvalue weighted by Gasteiger charge is -2.34. The van der Waals surface area contributed by atoms with Crippen LogP contribution in [0.4, 0.5) is 5.69 Å². The molecule has 0 N–H and O–H groups in total. The number of hydrogen-bond acceptors (Lipinski definition) is 5. The van der Waals surface area contributed by atoms with E-state index in [0.717, 1.165) is 5.56 Å². The molecule has 6 heteroatoms. The van der Waals surface area contributed by atoms with Gasteiger partial charge < -0.3 is 4.74 Å². The lowest BCUT2D eigenvalue weighted by molar-refractivity contribution is -0.154. The Balaban J connectivity index is 1.82. The van der Waals surface area contributed by atoms with Crippen molar-refractivity contribution < 1.29 is 19.1 Å². The fraction of sp³-hybridized carbons (Fsp3) is 0.241. The predicted molar refractivity (Wildman–Crippen MR) is 135 cm³/mol. The van der Waals surface area contributed by atoms with Crippen LogP contribution in [0.15, 0.2) is 96.1 Å². The van der Waals surface area contributed by atoms with Crippen molar-refractivity contribution in [3.05, 3.63) is 102 Å². The lowest BCUT2D eigenvalue weighted by Crippen LogP contribution is -2.50. The van der Waals surface area contributed by atoms with E-state index in [4.69, 9.17) is 4.74 Å². The highest BCUT2D eigenvalue weighted by molar-refractivity contribution is 6.21. The lowest BCUT2D eigenvalue weighted by atomic mass is 9.66. The number of carbonyl (C=O) groups excluding carboxylic acids is 3. The number of carbonyl (C=O) groups is 3. The van der Waals surface area contributed by atoms with Gasteiger partial charge in [0.2, 0.25) is 0 Å². The van der Waals surface area contributed by atoms with Crippen molar-refractivity contribution in [2.24, 2.45) is 16.4 Å². The minimum absolute atomic E-state index is 0.142. The van der Waals surface area contributed by atoms with Gasteiger partial charge in [0.05, 0.1) is 23.9 Å². The normalized spacial score (nSPS) is 18.2. The van der Waals surface area contributed by atoms with Gasteiger partial charge in [-0.1, -0.05) is 78.9 Å². The number of esters is 1. The Kier molecular flexibility index (Phi) is 7.20. The van der Waals surface area contributed by atoms with E-state index in [1.807, 2.05) is 54.6 Å². The first-order valence-electron chi connectivity index (χ1n) is 11.7. The average molecular weight is 469 g/mol. The Labute approximate surface area is 205 Å². The molecule has 3 aromatic carbocycles. The molecule has 178 valence electrons. The number of nitrogens with zero attached hydrogens (tertiary/aromatic N) is 2. The van der Waals surface area contributed by atoms with Gasteiger partial charge in [-0.05, 0) is 38.0 Å². The van der Waals surface area contributed by atoms with Crippen molar-refractivity contribution >= 4 is 29.1 Å². The fourth-order valence-electron chi connectivity index (χ4n) is 4.65. The van der Waals surface area contributed by atoms with Crippen LogP contribution in [-0.4, -0.2) is 30.0 Å². The molecular formula is C29H28N2O4. The second-order valence-corrected chi connectivity index (χ2v) is 8.57. The van der Waals surface area contributed by atoms with Crippen LogP contribution in [0.1, 0.15) is 36.2 Å². The van der Waals surface area contributed by atoms with E-state index in [2.05, 4.69) is 5.10 Å². The molecule has 0 bridgehead atoms. The van der Waals surface area contributed by atoms with Crippen molar-refractivity contribution in [3.8, 4) is 0 Å². The van der Waals surface area contributed by atoms with Gasteiger partial charge in [-0.2, -0.15) is 10.1 Å². The highest BCUT2D eigenvalue weighted by Gasteiger charge is 2.58. The molecule has 0 saturated carbocycles. The molecule has 1 aliphatic heterocycles. The maximum Gasteiger partial charge on any atom is 0.310 e. The third-order valence-electron chi connectivity index (χ3n) is 6.45. The molecule has 4 rings (SSSR count). The smallest absolute Gasteiger partial charge is 0.310 e. The van der Waals surface area contributed by atoms with Gasteiger partial charge in [0.15, 0.2) is 5.78 Å². The number of ketones is 1. The zero-order chi connectivity index (χ0) is 24.8. The third kappa shape index (κ3) is 4.78.